The molecule has 3 aromatic rings. The number of carboxylic acids is 2. The van der Waals surface area contributed by atoms with Crippen LogP contribution >= 0.6 is 15.9 Å². The van der Waals surface area contributed by atoms with Gasteiger partial charge in [-0.3, -0.25) is 9.59 Å². The Morgan fingerprint density at radius 2 is 1.45 bits per heavy atom. The summed E-state index contributed by atoms with van der Waals surface area (Å²) in [6, 6.07) is 23.4. The smallest absolute Gasteiger partial charge is 0.303 e. The summed E-state index contributed by atoms with van der Waals surface area (Å²) in [6.07, 6.45) is 1.36. The predicted octanol–water partition coefficient (Wildman–Crippen LogP) is 5.17. The highest BCUT2D eigenvalue weighted by atomic mass is 79.9. The summed E-state index contributed by atoms with van der Waals surface area (Å²) in [7, 11) is 0. The van der Waals surface area contributed by atoms with Gasteiger partial charge in [-0.1, -0.05) is 70.5 Å². The highest BCUT2D eigenvalue weighted by Gasteiger charge is 2.08. The highest BCUT2D eigenvalue weighted by molar-refractivity contribution is 9.10. The van der Waals surface area contributed by atoms with Crippen LogP contribution in [0, 0.1) is 0 Å². The largest absolute Gasteiger partial charge is 0.481 e. The first-order chi connectivity index (χ1) is 13.9. The van der Waals surface area contributed by atoms with E-state index in [-0.39, 0.29) is 18.9 Å². The molecular formula is C23H24BrNO4. The maximum atomic E-state index is 9.64. The number of hydrogen-bond donors (Lipinski definition) is 3. The second-order valence-electron chi connectivity index (χ2n) is 6.62. The molecule has 0 spiro atoms. The minimum absolute atomic E-state index is 0.0806. The van der Waals surface area contributed by atoms with E-state index in [4.69, 9.17) is 15.9 Å². The summed E-state index contributed by atoms with van der Waals surface area (Å²) in [4.78, 5) is 19.3. The zero-order valence-corrected chi connectivity index (χ0v) is 17.5. The van der Waals surface area contributed by atoms with Crippen molar-refractivity contribution >= 4 is 38.6 Å². The number of benzene rings is 3. The van der Waals surface area contributed by atoms with E-state index >= 15 is 0 Å². The van der Waals surface area contributed by atoms with Gasteiger partial charge >= 0.3 is 11.9 Å². The van der Waals surface area contributed by atoms with E-state index in [0.29, 0.717) is 0 Å². The molecular weight excluding hydrogens is 434 g/mol. The SMILES string of the molecule is NC(CCc1cccc2ccccc12)c1ccc(Br)cc1.O=C(O)CCC(=O)O. The third kappa shape index (κ3) is 7.68. The lowest BCUT2D eigenvalue weighted by Crippen LogP contribution is -2.11. The van der Waals surface area contributed by atoms with E-state index in [1.807, 2.05) is 12.1 Å². The summed E-state index contributed by atoms with van der Waals surface area (Å²) in [5, 5.41) is 18.4. The minimum Gasteiger partial charge on any atom is -0.481 e. The molecule has 1 unspecified atom stereocenters. The van der Waals surface area contributed by atoms with Gasteiger partial charge in [0.1, 0.15) is 0 Å². The van der Waals surface area contributed by atoms with Crippen LogP contribution < -0.4 is 5.73 Å². The monoisotopic (exact) mass is 457 g/mol. The van der Waals surface area contributed by atoms with Crippen LogP contribution in [0.25, 0.3) is 10.8 Å². The van der Waals surface area contributed by atoms with Gasteiger partial charge in [-0.05, 0) is 46.9 Å². The molecule has 5 nitrogen and oxygen atoms in total. The number of carboxylic acid groups (broad SMARTS) is 2. The molecule has 0 aliphatic heterocycles. The van der Waals surface area contributed by atoms with Crippen molar-refractivity contribution in [1.82, 2.24) is 0 Å². The van der Waals surface area contributed by atoms with Crippen molar-refractivity contribution in [3.05, 3.63) is 82.3 Å². The Kier molecular flexibility index (Phi) is 8.83. The Balaban J connectivity index is 0.000000321. The molecule has 0 aliphatic carbocycles. The molecule has 0 saturated heterocycles. The van der Waals surface area contributed by atoms with Gasteiger partial charge < -0.3 is 15.9 Å². The lowest BCUT2D eigenvalue weighted by Gasteiger charge is -2.13. The van der Waals surface area contributed by atoms with Crippen molar-refractivity contribution in [3.63, 3.8) is 0 Å². The molecule has 3 aromatic carbocycles. The molecule has 0 bridgehead atoms. The zero-order valence-electron chi connectivity index (χ0n) is 15.9. The molecule has 3 rings (SSSR count). The second kappa shape index (κ2) is 11.3. The van der Waals surface area contributed by atoms with Gasteiger partial charge in [-0.25, -0.2) is 0 Å². The quantitative estimate of drug-likeness (QED) is 0.454. The maximum Gasteiger partial charge on any atom is 0.303 e. The van der Waals surface area contributed by atoms with Gasteiger partial charge in [-0.15, -0.1) is 0 Å². The van der Waals surface area contributed by atoms with E-state index in [2.05, 4.69) is 70.5 Å². The number of halogens is 1. The van der Waals surface area contributed by atoms with Crippen molar-refractivity contribution in [2.24, 2.45) is 5.73 Å². The van der Waals surface area contributed by atoms with Gasteiger partial charge in [-0.2, -0.15) is 0 Å². The van der Waals surface area contributed by atoms with E-state index in [1.165, 1.54) is 21.9 Å². The van der Waals surface area contributed by atoms with Crippen molar-refractivity contribution < 1.29 is 19.8 Å². The Morgan fingerprint density at radius 1 is 0.862 bits per heavy atom. The number of aryl methyl sites for hydroxylation is 1. The summed E-state index contributed by atoms with van der Waals surface area (Å²) in [5.74, 6) is -2.15. The average Bonchev–Trinajstić information content (AvgIpc) is 2.71. The highest BCUT2D eigenvalue weighted by Crippen LogP contribution is 2.23. The third-order valence-corrected chi connectivity index (χ3v) is 4.98. The topological polar surface area (TPSA) is 101 Å². The Morgan fingerprint density at radius 3 is 2.07 bits per heavy atom. The summed E-state index contributed by atoms with van der Waals surface area (Å²) < 4.78 is 1.09. The minimum atomic E-state index is -1.08. The van der Waals surface area contributed by atoms with Crippen LogP contribution in [0.15, 0.2) is 71.2 Å². The molecule has 0 saturated carbocycles. The first-order valence-corrected chi connectivity index (χ1v) is 10.1. The summed E-state index contributed by atoms with van der Waals surface area (Å²) in [5.41, 5.74) is 8.89. The molecule has 0 aromatic heterocycles. The number of carbonyl (C=O) groups is 2. The summed E-state index contributed by atoms with van der Waals surface area (Å²) in [6.45, 7) is 0. The number of aliphatic carboxylic acids is 2. The molecule has 0 amide bonds. The van der Waals surface area contributed by atoms with Gasteiger partial charge in [0, 0.05) is 10.5 Å². The van der Waals surface area contributed by atoms with E-state index in [9.17, 15) is 9.59 Å². The Labute approximate surface area is 178 Å². The molecule has 1 atom stereocenters. The molecule has 152 valence electrons. The third-order valence-electron chi connectivity index (χ3n) is 4.46. The summed E-state index contributed by atoms with van der Waals surface area (Å²) >= 11 is 3.46. The Hall–Kier alpha value is -2.70. The Bertz CT molecular complexity index is 937. The molecule has 0 heterocycles. The predicted molar refractivity (Wildman–Crippen MR) is 118 cm³/mol. The van der Waals surface area contributed by atoms with Crippen molar-refractivity contribution in [2.45, 2.75) is 31.7 Å². The number of rotatable bonds is 7. The van der Waals surface area contributed by atoms with E-state index in [0.717, 1.165) is 17.3 Å². The van der Waals surface area contributed by atoms with Crippen LogP contribution in [-0.4, -0.2) is 22.2 Å². The van der Waals surface area contributed by atoms with Crippen LogP contribution in [0.5, 0.6) is 0 Å². The number of hydrogen-bond acceptors (Lipinski definition) is 3. The van der Waals surface area contributed by atoms with Crippen LogP contribution in [-0.2, 0) is 16.0 Å². The van der Waals surface area contributed by atoms with Crippen LogP contribution in [0.1, 0.15) is 36.4 Å². The van der Waals surface area contributed by atoms with Crippen LogP contribution in [0.4, 0.5) is 0 Å². The van der Waals surface area contributed by atoms with Crippen LogP contribution in [0.3, 0.4) is 0 Å². The molecule has 0 fully saturated rings. The van der Waals surface area contributed by atoms with Crippen molar-refractivity contribution in [3.8, 4) is 0 Å². The fourth-order valence-corrected chi connectivity index (χ4v) is 3.18. The van der Waals surface area contributed by atoms with E-state index < -0.39 is 11.9 Å². The molecule has 0 aliphatic rings. The second-order valence-corrected chi connectivity index (χ2v) is 7.54. The maximum absolute atomic E-state index is 9.64. The first-order valence-electron chi connectivity index (χ1n) is 9.28. The number of fused-ring (bicyclic) bond motifs is 1. The van der Waals surface area contributed by atoms with Gasteiger partial charge in [0.2, 0.25) is 0 Å². The standard InChI is InChI=1S/C19H18BrN.C4H6O4/c20-17-11-8-16(9-12-17)19(21)13-10-15-6-3-5-14-4-1-2-7-18(14)15;5-3(6)1-2-4(7)8/h1-9,11-12,19H,10,13,21H2;1-2H2,(H,5,6)(H,7,8). The molecule has 6 heteroatoms. The lowest BCUT2D eigenvalue weighted by atomic mass is 9.96. The van der Waals surface area contributed by atoms with Gasteiger partial charge in [0.15, 0.2) is 0 Å². The van der Waals surface area contributed by atoms with Gasteiger partial charge in [0.25, 0.3) is 0 Å². The molecule has 29 heavy (non-hydrogen) atoms. The van der Waals surface area contributed by atoms with Crippen molar-refractivity contribution in [2.75, 3.05) is 0 Å². The van der Waals surface area contributed by atoms with Crippen molar-refractivity contribution in [1.29, 1.82) is 0 Å². The lowest BCUT2D eigenvalue weighted by molar-refractivity contribution is -0.143. The fraction of sp³-hybridized carbons (Fsp3) is 0.217. The first kappa shape index (κ1) is 22.6. The molecule has 4 N–H and O–H groups in total. The fourth-order valence-electron chi connectivity index (χ4n) is 2.91. The number of nitrogens with two attached hydrogens (primary N) is 1. The van der Waals surface area contributed by atoms with E-state index in [1.54, 1.807) is 0 Å². The zero-order chi connectivity index (χ0) is 21.2. The molecule has 0 radical (unpaired) electrons. The van der Waals surface area contributed by atoms with Gasteiger partial charge in [0.05, 0.1) is 12.8 Å². The van der Waals surface area contributed by atoms with Crippen LogP contribution in [0.2, 0.25) is 0 Å². The average molecular weight is 458 g/mol. The normalized spacial score (nSPS) is 11.4.